The molecule has 0 aliphatic rings. The third-order valence-electron chi connectivity index (χ3n) is 2.46. The summed E-state index contributed by atoms with van der Waals surface area (Å²) in [7, 11) is 1.62. The maximum Gasteiger partial charge on any atom is 0.227 e. The monoisotopic (exact) mass is 221 g/mol. The number of pyridine rings is 1. The van der Waals surface area contributed by atoms with Crippen molar-refractivity contribution in [3.8, 4) is 5.88 Å². The molecule has 0 bridgehead atoms. The number of hydrogen-bond donors (Lipinski definition) is 1. The molecule has 0 spiro atoms. The number of rotatable bonds is 4. The molecule has 0 amide bonds. The van der Waals surface area contributed by atoms with Gasteiger partial charge in [0.2, 0.25) is 12.2 Å². The number of aromatic amines is 1. The summed E-state index contributed by atoms with van der Waals surface area (Å²) in [6.45, 7) is 3.91. The largest absolute Gasteiger partial charge is 0.447 e. The van der Waals surface area contributed by atoms with Crippen molar-refractivity contribution in [2.45, 2.75) is 26.6 Å². The molecule has 1 N–H and O–H groups in total. The van der Waals surface area contributed by atoms with Crippen molar-refractivity contribution in [1.82, 2.24) is 15.2 Å². The van der Waals surface area contributed by atoms with Crippen LogP contribution in [0.5, 0.6) is 5.88 Å². The molecule has 0 fully saturated rings. The van der Waals surface area contributed by atoms with E-state index < -0.39 is 0 Å². The third kappa shape index (κ3) is 1.86. The quantitative estimate of drug-likeness (QED) is 0.802. The molecule has 2 aromatic heterocycles. The molecular weight excluding hydrogens is 206 g/mol. The van der Waals surface area contributed by atoms with Gasteiger partial charge < -0.3 is 9.47 Å². The van der Waals surface area contributed by atoms with Gasteiger partial charge in [0.1, 0.15) is 0 Å². The van der Waals surface area contributed by atoms with Crippen LogP contribution < -0.4 is 4.74 Å². The van der Waals surface area contributed by atoms with E-state index in [1.807, 2.05) is 19.9 Å². The predicted octanol–water partition coefficient (Wildman–Crippen LogP) is 2.03. The second-order valence-corrected chi connectivity index (χ2v) is 3.54. The second kappa shape index (κ2) is 4.49. The van der Waals surface area contributed by atoms with Crippen molar-refractivity contribution >= 4 is 10.9 Å². The van der Waals surface area contributed by atoms with Gasteiger partial charge in [0, 0.05) is 19.7 Å². The molecule has 0 saturated carbocycles. The first kappa shape index (κ1) is 10.9. The van der Waals surface area contributed by atoms with E-state index in [4.69, 9.17) is 9.47 Å². The van der Waals surface area contributed by atoms with Crippen molar-refractivity contribution in [2.24, 2.45) is 0 Å². The van der Waals surface area contributed by atoms with E-state index in [2.05, 4.69) is 15.2 Å². The number of aromatic nitrogens is 3. The van der Waals surface area contributed by atoms with Crippen molar-refractivity contribution in [1.29, 1.82) is 0 Å². The summed E-state index contributed by atoms with van der Waals surface area (Å²) in [4.78, 5) is 4.21. The lowest BCUT2D eigenvalue weighted by molar-refractivity contribution is -0.0564. The van der Waals surface area contributed by atoms with Crippen LogP contribution in [0, 0.1) is 6.92 Å². The van der Waals surface area contributed by atoms with E-state index in [1.165, 1.54) is 0 Å². The number of hydrogen-bond acceptors (Lipinski definition) is 4. The van der Waals surface area contributed by atoms with Crippen molar-refractivity contribution in [3.63, 3.8) is 0 Å². The highest BCUT2D eigenvalue weighted by Gasteiger charge is 2.13. The fourth-order valence-electron chi connectivity index (χ4n) is 1.60. The molecule has 0 aromatic carbocycles. The Kier molecular flexibility index (Phi) is 3.05. The van der Waals surface area contributed by atoms with Crippen molar-refractivity contribution in [3.05, 3.63) is 18.0 Å². The Morgan fingerprint density at radius 3 is 3.00 bits per heavy atom. The first-order valence-corrected chi connectivity index (χ1v) is 5.25. The lowest BCUT2D eigenvalue weighted by Crippen LogP contribution is -2.18. The summed E-state index contributed by atoms with van der Waals surface area (Å²) in [6, 6.07) is 1.87. The fourth-order valence-corrected chi connectivity index (χ4v) is 1.60. The first-order valence-electron chi connectivity index (χ1n) is 5.25. The molecule has 2 rings (SSSR count). The summed E-state index contributed by atoms with van der Waals surface area (Å²) in [5.74, 6) is 0.567. The highest BCUT2D eigenvalue weighted by atomic mass is 16.7. The normalized spacial score (nSPS) is 12.9. The minimum Gasteiger partial charge on any atom is -0.447 e. The summed E-state index contributed by atoms with van der Waals surface area (Å²) in [5, 5.41) is 7.97. The van der Waals surface area contributed by atoms with Gasteiger partial charge in [0.05, 0.1) is 16.6 Å². The molecule has 0 aliphatic carbocycles. The molecule has 5 heteroatoms. The molecule has 16 heavy (non-hydrogen) atoms. The van der Waals surface area contributed by atoms with Crippen LogP contribution in [0.25, 0.3) is 10.9 Å². The van der Waals surface area contributed by atoms with Crippen LogP contribution in [-0.2, 0) is 4.74 Å². The molecule has 2 aromatic rings. The van der Waals surface area contributed by atoms with Gasteiger partial charge in [-0.15, -0.1) is 0 Å². The van der Waals surface area contributed by atoms with Crippen molar-refractivity contribution in [2.75, 3.05) is 7.11 Å². The smallest absolute Gasteiger partial charge is 0.227 e. The van der Waals surface area contributed by atoms with E-state index in [9.17, 15) is 0 Å². The highest BCUT2D eigenvalue weighted by molar-refractivity contribution is 5.85. The Bertz CT molecular complexity index is 477. The minimum absolute atomic E-state index is 0.271. The van der Waals surface area contributed by atoms with Crippen LogP contribution in [0.3, 0.4) is 0 Å². The number of aryl methyl sites for hydroxylation is 1. The molecule has 1 atom stereocenters. The third-order valence-corrected chi connectivity index (χ3v) is 2.46. The van der Waals surface area contributed by atoms with Gasteiger partial charge in [-0.25, -0.2) is 4.98 Å². The van der Waals surface area contributed by atoms with Gasteiger partial charge in [0.15, 0.2) is 0 Å². The van der Waals surface area contributed by atoms with Gasteiger partial charge in [-0.2, -0.15) is 5.10 Å². The number of fused-ring (bicyclic) bond motifs is 1. The summed E-state index contributed by atoms with van der Waals surface area (Å²) >= 11 is 0. The number of methoxy groups -OCH3 is 1. The average Bonchev–Trinajstić information content (AvgIpc) is 2.69. The highest BCUT2D eigenvalue weighted by Crippen LogP contribution is 2.25. The zero-order valence-corrected chi connectivity index (χ0v) is 9.65. The molecule has 0 aliphatic heterocycles. The Hall–Kier alpha value is -1.62. The van der Waals surface area contributed by atoms with Gasteiger partial charge in [-0.05, 0) is 13.0 Å². The van der Waals surface area contributed by atoms with Gasteiger partial charge in [-0.1, -0.05) is 6.92 Å². The van der Waals surface area contributed by atoms with E-state index in [0.29, 0.717) is 5.88 Å². The Morgan fingerprint density at radius 2 is 2.31 bits per heavy atom. The maximum atomic E-state index is 5.67. The molecule has 0 saturated heterocycles. The lowest BCUT2D eigenvalue weighted by atomic mass is 10.2. The van der Waals surface area contributed by atoms with Gasteiger partial charge in [0.25, 0.3) is 0 Å². The molecule has 2 heterocycles. The molecule has 5 nitrogen and oxygen atoms in total. The molecular formula is C11H15N3O2. The summed E-state index contributed by atoms with van der Waals surface area (Å²) in [6.07, 6.45) is 2.19. The molecule has 0 radical (unpaired) electrons. The summed E-state index contributed by atoms with van der Waals surface area (Å²) in [5.41, 5.74) is 1.80. The minimum atomic E-state index is -0.271. The predicted molar refractivity (Wildman–Crippen MR) is 60.3 cm³/mol. The Labute approximate surface area is 93.8 Å². The van der Waals surface area contributed by atoms with Gasteiger partial charge in [-0.3, -0.25) is 5.10 Å². The zero-order chi connectivity index (χ0) is 11.5. The SMILES string of the molecule is CC[C@@H](OC)Oc1nccc2[nH]nc(C)c12. The topological polar surface area (TPSA) is 60.0 Å². The second-order valence-electron chi connectivity index (χ2n) is 3.54. The fraction of sp³-hybridized carbons (Fsp3) is 0.455. The van der Waals surface area contributed by atoms with Crippen LogP contribution in [0.1, 0.15) is 19.0 Å². The maximum absolute atomic E-state index is 5.67. The van der Waals surface area contributed by atoms with Crippen LogP contribution in [0.15, 0.2) is 12.3 Å². The van der Waals surface area contributed by atoms with Crippen LogP contribution >= 0.6 is 0 Å². The lowest BCUT2D eigenvalue weighted by Gasteiger charge is -2.15. The number of H-pyrrole nitrogens is 1. The number of nitrogens with zero attached hydrogens (tertiary/aromatic N) is 2. The van der Waals surface area contributed by atoms with E-state index >= 15 is 0 Å². The summed E-state index contributed by atoms with van der Waals surface area (Å²) < 4.78 is 10.8. The van der Waals surface area contributed by atoms with Crippen LogP contribution in [-0.4, -0.2) is 28.6 Å². The Balaban J connectivity index is 2.39. The molecule has 0 unspecified atom stereocenters. The van der Waals surface area contributed by atoms with E-state index in [-0.39, 0.29) is 6.29 Å². The number of ether oxygens (including phenoxy) is 2. The van der Waals surface area contributed by atoms with E-state index in [0.717, 1.165) is 23.0 Å². The van der Waals surface area contributed by atoms with Crippen LogP contribution in [0.4, 0.5) is 0 Å². The standard InChI is InChI=1S/C11H15N3O2/c1-4-9(15-3)16-11-10-7(2)13-14-8(10)5-6-12-11/h5-6,9H,4H2,1-3H3,(H,13,14)/t9-/m0/s1. The first-order chi connectivity index (χ1) is 7.76. The van der Waals surface area contributed by atoms with Crippen molar-refractivity contribution < 1.29 is 9.47 Å². The van der Waals surface area contributed by atoms with E-state index in [1.54, 1.807) is 13.3 Å². The zero-order valence-electron chi connectivity index (χ0n) is 9.65. The Morgan fingerprint density at radius 1 is 1.50 bits per heavy atom. The molecule has 86 valence electrons. The van der Waals surface area contributed by atoms with Gasteiger partial charge >= 0.3 is 0 Å². The van der Waals surface area contributed by atoms with Crippen LogP contribution in [0.2, 0.25) is 0 Å². The number of nitrogens with one attached hydrogen (secondary N) is 1. The average molecular weight is 221 g/mol.